The SMILES string of the molecule is O=C(c1ccc(F)c(F)c1)c1ccc(Br)cc1Br. The second-order valence-electron chi connectivity index (χ2n) is 3.58. The number of carbonyl (C=O) groups excluding carboxylic acids is 1. The zero-order valence-electron chi connectivity index (χ0n) is 8.88. The van der Waals surface area contributed by atoms with Crippen LogP contribution in [0.5, 0.6) is 0 Å². The van der Waals surface area contributed by atoms with E-state index in [2.05, 4.69) is 31.9 Å². The van der Waals surface area contributed by atoms with Gasteiger partial charge in [-0.15, -0.1) is 0 Å². The standard InChI is InChI=1S/C13H6Br2F2O/c14-8-2-3-9(10(15)6-8)13(18)7-1-4-11(16)12(17)5-7/h1-6H. The quantitative estimate of drug-likeness (QED) is 0.694. The summed E-state index contributed by atoms with van der Waals surface area (Å²) in [6.07, 6.45) is 0. The van der Waals surface area contributed by atoms with Crippen LogP contribution < -0.4 is 0 Å². The minimum atomic E-state index is -1.03. The lowest BCUT2D eigenvalue weighted by molar-refractivity contribution is 0.103. The van der Waals surface area contributed by atoms with E-state index >= 15 is 0 Å². The number of halogens is 4. The Morgan fingerprint density at radius 2 is 1.67 bits per heavy atom. The van der Waals surface area contributed by atoms with Crippen molar-refractivity contribution in [2.24, 2.45) is 0 Å². The van der Waals surface area contributed by atoms with Gasteiger partial charge < -0.3 is 0 Å². The van der Waals surface area contributed by atoms with Gasteiger partial charge in [0.25, 0.3) is 0 Å². The first-order valence-corrected chi connectivity index (χ1v) is 6.52. The Labute approximate surface area is 119 Å². The van der Waals surface area contributed by atoms with Crippen molar-refractivity contribution >= 4 is 37.6 Å². The highest BCUT2D eigenvalue weighted by Crippen LogP contribution is 2.24. The molecule has 0 bridgehead atoms. The minimum Gasteiger partial charge on any atom is -0.289 e. The van der Waals surface area contributed by atoms with E-state index in [1.54, 1.807) is 18.2 Å². The van der Waals surface area contributed by atoms with Crippen LogP contribution in [0.1, 0.15) is 15.9 Å². The van der Waals surface area contributed by atoms with Crippen molar-refractivity contribution in [1.29, 1.82) is 0 Å². The smallest absolute Gasteiger partial charge is 0.194 e. The summed E-state index contributed by atoms with van der Waals surface area (Å²) in [4.78, 5) is 12.1. The van der Waals surface area contributed by atoms with Crippen LogP contribution in [0, 0.1) is 11.6 Å². The van der Waals surface area contributed by atoms with Crippen LogP contribution in [0.3, 0.4) is 0 Å². The van der Waals surface area contributed by atoms with Crippen LogP contribution in [0.15, 0.2) is 45.3 Å². The Hall–Kier alpha value is -1.07. The zero-order chi connectivity index (χ0) is 13.3. The van der Waals surface area contributed by atoms with E-state index in [1.807, 2.05) is 0 Å². The second-order valence-corrected chi connectivity index (χ2v) is 5.35. The van der Waals surface area contributed by atoms with E-state index in [-0.39, 0.29) is 11.3 Å². The molecule has 0 aliphatic rings. The molecule has 0 aliphatic carbocycles. The average Bonchev–Trinajstić information content (AvgIpc) is 2.32. The molecule has 1 nitrogen and oxygen atoms in total. The summed E-state index contributed by atoms with van der Waals surface area (Å²) < 4.78 is 27.3. The molecule has 0 spiro atoms. The molecular weight excluding hydrogens is 370 g/mol. The molecule has 0 amide bonds. The molecule has 0 fully saturated rings. The molecule has 0 radical (unpaired) electrons. The lowest BCUT2D eigenvalue weighted by Gasteiger charge is -2.05. The first-order valence-electron chi connectivity index (χ1n) is 4.94. The number of rotatable bonds is 2. The van der Waals surface area contributed by atoms with Crippen LogP contribution >= 0.6 is 31.9 Å². The van der Waals surface area contributed by atoms with Crippen molar-refractivity contribution in [3.63, 3.8) is 0 Å². The van der Waals surface area contributed by atoms with E-state index < -0.39 is 11.6 Å². The largest absolute Gasteiger partial charge is 0.289 e. The molecule has 2 aromatic rings. The molecule has 0 unspecified atom stereocenters. The number of ketones is 1. The molecule has 0 aromatic heterocycles. The van der Waals surface area contributed by atoms with Gasteiger partial charge in [0.2, 0.25) is 0 Å². The second kappa shape index (κ2) is 5.28. The van der Waals surface area contributed by atoms with Gasteiger partial charge >= 0.3 is 0 Å². The zero-order valence-corrected chi connectivity index (χ0v) is 12.1. The van der Waals surface area contributed by atoms with E-state index in [1.165, 1.54) is 6.07 Å². The molecule has 2 rings (SSSR count). The van der Waals surface area contributed by atoms with Gasteiger partial charge in [-0.1, -0.05) is 15.9 Å². The van der Waals surface area contributed by atoms with Gasteiger partial charge in [0, 0.05) is 20.1 Å². The van der Waals surface area contributed by atoms with Gasteiger partial charge in [-0.25, -0.2) is 8.78 Å². The summed E-state index contributed by atoms with van der Waals surface area (Å²) in [5.41, 5.74) is 0.501. The fourth-order valence-electron chi connectivity index (χ4n) is 1.47. The summed E-state index contributed by atoms with van der Waals surface area (Å²) in [5.74, 6) is -2.37. The summed E-state index contributed by atoms with van der Waals surface area (Å²) >= 11 is 6.53. The Balaban J connectivity index is 2.44. The predicted molar refractivity (Wildman–Crippen MR) is 71.6 cm³/mol. The molecule has 0 N–H and O–H groups in total. The Morgan fingerprint density at radius 3 is 2.28 bits per heavy atom. The Morgan fingerprint density at radius 1 is 0.944 bits per heavy atom. The van der Waals surface area contributed by atoms with Crippen LogP contribution in [-0.2, 0) is 0 Å². The van der Waals surface area contributed by atoms with Gasteiger partial charge in [0.15, 0.2) is 17.4 Å². The van der Waals surface area contributed by atoms with Gasteiger partial charge in [-0.05, 0) is 52.3 Å². The highest BCUT2D eigenvalue weighted by Gasteiger charge is 2.14. The molecule has 0 saturated carbocycles. The predicted octanol–water partition coefficient (Wildman–Crippen LogP) is 4.72. The third-order valence-electron chi connectivity index (χ3n) is 2.36. The molecule has 0 saturated heterocycles. The molecule has 0 atom stereocenters. The number of benzene rings is 2. The molecule has 2 aromatic carbocycles. The maximum Gasteiger partial charge on any atom is 0.194 e. The summed E-state index contributed by atoms with van der Waals surface area (Å²) in [7, 11) is 0. The molecule has 0 aliphatic heterocycles. The van der Waals surface area contributed by atoms with E-state index in [9.17, 15) is 13.6 Å². The first kappa shape index (κ1) is 13.4. The molecule has 92 valence electrons. The van der Waals surface area contributed by atoms with Crippen molar-refractivity contribution in [1.82, 2.24) is 0 Å². The number of hydrogen-bond donors (Lipinski definition) is 0. The highest BCUT2D eigenvalue weighted by molar-refractivity contribution is 9.11. The normalized spacial score (nSPS) is 10.4. The lowest BCUT2D eigenvalue weighted by Crippen LogP contribution is -2.03. The fourth-order valence-corrected chi connectivity index (χ4v) is 2.69. The van der Waals surface area contributed by atoms with Crippen LogP contribution in [0.2, 0.25) is 0 Å². The molecular formula is C13H6Br2F2O. The third kappa shape index (κ3) is 2.67. The first-order chi connectivity index (χ1) is 8.49. The number of hydrogen-bond acceptors (Lipinski definition) is 1. The Bertz CT molecular complexity index is 626. The summed E-state index contributed by atoms with van der Waals surface area (Å²) in [5, 5.41) is 0. The van der Waals surface area contributed by atoms with Gasteiger partial charge in [-0.2, -0.15) is 0 Å². The van der Waals surface area contributed by atoms with Gasteiger partial charge in [0.1, 0.15) is 0 Å². The maximum absolute atomic E-state index is 13.1. The fraction of sp³-hybridized carbons (Fsp3) is 0. The molecule has 5 heteroatoms. The number of carbonyl (C=O) groups is 1. The van der Waals surface area contributed by atoms with Crippen molar-refractivity contribution in [2.75, 3.05) is 0 Å². The van der Waals surface area contributed by atoms with Gasteiger partial charge in [-0.3, -0.25) is 4.79 Å². The lowest BCUT2D eigenvalue weighted by atomic mass is 10.0. The van der Waals surface area contributed by atoms with Gasteiger partial charge in [0.05, 0.1) is 0 Å². The molecule has 0 heterocycles. The third-order valence-corrected chi connectivity index (χ3v) is 3.51. The van der Waals surface area contributed by atoms with Crippen LogP contribution in [-0.4, -0.2) is 5.78 Å². The summed E-state index contributed by atoms with van der Waals surface area (Å²) in [6, 6.07) is 8.12. The highest BCUT2D eigenvalue weighted by atomic mass is 79.9. The van der Waals surface area contributed by atoms with E-state index in [4.69, 9.17) is 0 Å². The van der Waals surface area contributed by atoms with Crippen molar-refractivity contribution in [2.45, 2.75) is 0 Å². The van der Waals surface area contributed by atoms with Crippen molar-refractivity contribution in [3.05, 3.63) is 68.1 Å². The summed E-state index contributed by atoms with van der Waals surface area (Å²) in [6.45, 7) is 0. The Kier molecular flexibility index (Phi) is 3.92. The van der Waals surface area contributed by atoms with Crippen LogP contribution in [0.4, 0.5) is 8.78 Å². The van der Waals surface area contributed by atoms with Crippen LogP contribution in [0.25, 0.3) is 0 Å². The van der Waals surface area contributed by atoms with Crippen molar-refractivity contribution in [3.8, 4) is 0 Å². The molecule has 18 heavy (non-hydrogen) atoms. The maximum atomic E-state index is 13.1. The minimum absolute atomic E-state index is 0.108. The van der Waals surface area contributed by atoms with E-state index in [0.717, 1.165) is 16.6 Å². The topological polar surface area (TPSA) is 17.1 Å². The monoisotopic (exact) mass is 374 g/mol. The van der Waals surface area contributed by atoms with E-state index in [0.29, 0.717) is 10.0 Å². The van der Waals surface area contributed by atoms with Crippen molar-refractivity contribution < 1.29 is 13.6 Å². The average molecular weight is 376 g/mol.